The Kier molecular flexibility index (Phi) is 2.53. The van der Waals surface area contributed by atoms with Crippen molar-refractivity contribution in [1.82, 2.24) is 5.32 Å². The molecular formula is C9H17NO. The van der Waals surface area contributed by atoms with E-state index < -0.39 is 0 Å². The molecule has 1 N–H and O–H groups in total. The van der Waals surface area contributed by atoms with Gasteiger partial charge < -0.3 is 5.32 Å². The highest BCUT2D eigenvalue weighted by molar-refractivity contribution is 5.78. The Balaban J connectivity index is 2.23. The van der Waals surface area contributed by atoms with Crippen LogP contribution in [0.15, 0.2) is 0 Å². The summed E-state index contributed by atoms with van der Waals surface area (Å²) in [4.78, 5) is 11.2. The molecule has 1 unspecified atom stereocenters. The second-order valence-electron chi connectivity index (χ2n) is 3.79. The van der Waals surface area contributed by atoms with Gasteiger partial charge in [-0.3, -0.25) is 4.79 Å². The van der Waals surface area contributed by atoms with Crippen molar-refractivity contribution in [3.8, 4) is 0 Å². The van der Waals surface area contributed by atoms with Crippen molar-refractivity contribution in [2.24, 2.45) is 11.8 Å². The second kappa shape index (κ2) is 3.24. The SMILES string of the molecule is CC(C)C(=O)NC(C)C1CC1. The van der Waals surface area contributed by atoms with Crippen LogP contribution < -0.4 is 5.32 Å². The minimum atomic E-state index is 0.121. The van der Waals surface area contributed by atoms with E-state index in [4.69, 9.17) is 0 Å². The van der Waals surface area contributed by atoms with Gasteiger partial charge in [0.25, 0.3) is 0 Å². The van der Waals surface area contributed by atoms with E-state index in [0.29, 0.717) is 6.04 Å². The van der Waals surface area contributed by atoms with Crippen LogP contribution >= 0.6 is 0 Å². The summed E-state index contributed by atoms with van der Waals surface area (Å²) in [5.41, 5.74) is 0. The fourth-order valence-corrected chi connectivity index (χ4v) is 1.11. The molecular weight excluding hydrogens is 138 g/mol. The smallest absolute Gasteiger partial charge is 0.222 e. The zero-order valence-electron chi connectivity index (χ0n) is 7.55. The lowest BCUT2D eigenvalue weighted by atomic mass is 10.1. The largest absolute Gasteiger partial charge is 0.353 e. The van der Waals surface area contributed by atoms with Gasteiger partial charge in [0.2, 0.25) is 5.91 Å². The van der Waals surface area contributed by atoms with E-state index in [2.05, 4.69) is 12.2 Å². The first-order valence-electron chi connectivity index (χ1n) is 4.41. The van der Waals surface area contributed by atoms with E-state index in [1.54, 1.807) is 0 Å². The number of amides is 1. The Labute approximate surface area is 68.4 Å². The zero-order chi connectivity index (χ0) is 8.43. The highest BCUT2D eigenvalue weighted by Crippen LogP contribution is 2.32. The van der Waals surface area contributed by atoms with E-state index in [0.717, 1.165) is 5.92 Å². The average Bonchev–Trinajstić information content (AvgIpc) is 2.67. The normalized spacial score (nSPS) is 20.0. The Morgan fingerprint density at radius 3 is 2.27 bits per heavy atom. The summed E-state index contributed by atoms with van der Waals surface area (Å²) in [6.45, 7) is 5.95. The molecule has 1 atom stereocenters. The molecule has 0 spiro atoms. The number of carbonyl (C=O) groups excluding carboxylic acids is 1. The summed E-state index contributed by atoms with van der Waals surface area (Å²) in [5, 5.41) is 3.00. The van der Waals surface area contributed by atoms with Crippen LogP contribution in [0.25, 0.3) is 0 Å². The second-order valence-corrected chi connectivity index (χ2v) is 3.79. The van der Waals surface area contributed by atoms with Gasteiger partial charge in [-0.25, -0.2) is 0 Å². The van der Waals surface area contributed by atoms with Crippen molar-refractivity contribution < 1.29 is 4.79 Å². The van der Waals surface area contributed by atoms with E-state index in [1.165, 1.54) is 12.8 Å². The maximum Gasteiger partial charge on any atom is 0.222 e. The molecule has 1 aliphatic rings. The number of nitrogens with one attached hydrogen (secondary N) is 1. The minimum absolute atomic E-state index is 0.121. The molecule has 0 aromatic rings. The molecule has 1 saturated carbocycles. The van der Waals surface area contributed by atoms with Gasteiger partial charge in [-0.05, 0) is 25.7 Å². The third-order valence-electron chi connectivity index (χ3n) is 2.22. The molecule has 1 fully saturated rings. The molecule has 2 nitrogen and oxygen atoms in total. The highest BCUT2D eigenvalue weighted by Gasteiger charge is 2.29. The van der Waals surface area contributed by atoms with Gasteiger partial charge in [0.15, 0.2) is 0 Å². The fraction of sp³-hybridized carbons (Fsp3) is 0.889. The molecule has 0 heterocycles. The van der Waals surface area contributed by atoms with Gasteiger partial charge in [-0.1, -0.05) is 13.8 Å². The molecule has 11 heavy (non-hydrogen) atoms. The van der Waals surface area contributed by atoms with Crippen LogP contribution in [0.5, 0.6) is 0 Å². The minimum Gasteiger partial charge on any atom is -0.353 e. The third kappa shape index (κ3) is 2.52. The van der Waals surface area contributed by atoms with Gasteiger partial charge >= 0.3 is 0 Å². The van der Waals surface area contributed by atoms with Gasteiger partial charge in [0, 0.05) is 12.0 Å². The summed E-state index contributed by atoms with van der Waals surface area (Å²) in [5.74, 6) is 1.07. The van der Waals surface area contributed by atoms with Crippen LogP contribution in [0.2, 0.25) is 0 Å². The molecule has 0 saturated heterocycles. The van der Waals surface area contributed by atoms with Gasteiger partial charge in [-0.2, -0.15) is 0 Å². The van der Waals surface area contributed by atoms with E-state index in [9.17, 15) is 4.79 Å². The Bertz CT molecular complexity index is 150. The number of rotatable bonds is 3. The molecule has 0 radical (unpaired) electrons. The number of hydrogen-bond donors (Lipinski definition) is 1. The monoisotopic (exact) mass is 155 g/mol. The van der Waals surface area contributed by atoms with Gasteiger partial charge in [-0.15, -0.1) is 0 Å². The van der Waals surface area contributed by atoms with Crippen molar-refractivity contribution in [3.63, 3.8) is 0 Å². The molecule has 64 valence electrons. The van der Waals surface area contributed by atoms with Crippen LogP contribution in [0.4, 0.5) is 0 Å². The first kappa shape index (κ1) is 8.57. The highest BCUT2D eigenvalue weighted by atomic mass is 16.1. The standard InChI is InChI=1S/C9H17NO/c1-6(2)9(11)10-7(3)8-4-5-8/h6-8H,4-5H2,1-3H3,(H,10,11). The topological polar surface area (TPSA) is 29.1 Å². The summed E-state index contributed by atoms with van der Waals surface area (Å²) in [6, 6.07) is 0.393. The van der Waals surface area contributed by atoms with Crippen molar-refractivity contribution in [2.75, 3.05) is 0 Å². The fourth-order valence-electron chi connectivity index (χ4n) is 1.11. The molecule has 1 amide bonds. The van der Waals surface area contributed by atoms with Crippen LogP contribution in [0, 0.1) is 11.8 Å². The average molecular weight is 155 g/mol. The number of carbonyl (C=O) groups is 1. The Hall–Kier alpha value is -0.530. The Morgan fingerprint density at radius 2 is 1.91 bits per heavy atom. The van der Waals surface area contributed by atoms with Gasteiger partial charge in [0.1, 0.15) is 0 Å². The van der Waals surface area contributed by atoms with Crippen molar-refractivity contribution in [1.29, 1.82) is 0 Å². The van der Waals surface area contributed by atoms with Crippen LogP contribution in [-0.2, 0) is 4.79 Å². The summed E-state index contributed by atoms with van der Waals surface area (Å²) < 4.78 is 0. The van der Waals surface area contributed by atoms with Crippen LogP contribution in [0.1, 0.15) is 33.6 Å². The molecule has 0 aromatic carbocycles. The molecule has 0 aliphatic heterocycles. The molecule has 0 bridgehead atoms. The lowest BCUT2D eigenvalue weighted by Gasteiger charge is -2.14. The summed E-state index contributed by atoms with van der Waals surface area (Å²) in [7, 11) is 0. The molecule has 0 aromatic heterocycles. The predicted molar refractivity (Wildman–Crippen MR) is 45.2 cm³/mol. The molecule has 1 rings (SSSR count). The summed E-state index contributed by atoms with van der Waals surface area (Å²) >= 11 is 0. The van der Waals surface area contributed by atoms with Crippen LogP contribution in [0.3, 0.4) is 0 Å². The maximum absolute atomic E-state index is 11.2. The quantitative estimate of drug-likeness (QED) is 0.658. The summed E-state index contributed by atoms with van der Waals surface area (Å²) in [6.07, 6.45) is 2.58. The van der Waals surface area contributed by atoms with E-state index in [-0.39, 0.29) is 11.8 Å². The predicted octanol–water partition coefficient (Wildman–Crippen LogP) is 1.56. The zero-order valence-corrected chi connectivity index (χ0v) is 7.55. The Morgan fingerprint density at radius 1 is 1.36 bits per heavy atom. The maximum atomic E-state index is 11.2. The first-order valence-corrected chi connectivity index (χ1v) is 4.41. The van der Waals surface area contributed by atoms with Crippen molar-refractivity contribution >= 4 is 5.91 Å². The lowest BCUT2D eigenvalue weighted by molar-refractivity contribution is -0.124. The lowest BCUT2D eigenvalue weighted by Crippen LogP contribution is -2.36. The first-order chi connectivity index (χ1) is 5.11. The molecule has 1 aliphatic carbocycles. The van der Waals surface area contributed by atoms with Crippen LogP contribution in [-0.4, -0.2) is 11.9 Å². The van der Waals surface area contributed by atoms with Gasteiger partial charge in [0.05, 0.1) is 0 Å². The van der Waals surface area contributed by atoms with E-state index >= 15 is 0 Å². The molecule has 2 heteroatoms. The number of hydrogen-bond acceptors (Lipinski definition) is 1. The van der Waals surface area contributed by atoms with Crippen molar-refractivity contribution in [2.45, 2.75) is 39.7 Å². The van der Waals surface area contributed by atoms with E-state index in [1.807, 2.05) is 13.8 Å². The third-order valence-corrected chi connectivity index (χ3v) is 2.22. The van der Waals surface area contributed by atoms with Crippen molar-refractivity contribution in [3.05, 3.63) is 0 Å².